The summed E-state index contributed by atoms with van der Waals surface area (Å²) < 4.78 is 0. The minimum absolute atomic E-state index is 0.314. The molecule has 1 aromatic carbocycles. The van der Waals surface area contributed by atoms with Crippen LogP contribution in [-0.2, 0) is 4.84 Å². The summed E-state index contributed by atoms with van der Waals surface area (Å²) >= 11 is 0. The summed E-state index contributed by atoms with van der Waals surface area (Å²) in [6.07, 6.45) is 1.39. The van der Waals surface area contributed by atoms with Gasteiger partial charge in [-0.25, -0.2) is 14.8 Å². The summed E-state index contributed by atoms with van der Waals surface area (Å²) in [7, 11) is 2.91. The molecule has 0 aliphatic heterocycles. The number of amides is 3. The largest absolute Gasteiger partial charge is 0.355 e. The third-order valence-corrected chi connectivity index (χ3v) is 3.33. The Labute approximate surface area is 159 Å². The molecular weight excluding hydrogens is 346 g/mol. The lowest BCUT2D eigenvalue weighted by Crippen LogP contribution is -2.29. The average molecular weight is 373 g/mol. The van der Waals surface area contributed by atoms with Gasteiger partial charge in [-0.3, -0.25) is 14.9 Å². The van der Waals surface area contributed by atoms with Crippen molar-refractivity contribution >= 4 is 29.1 Å². The van der Waals surface area contributed by atoms with Crippen LogP contribution in [0.4, 0.5) is 22.0 Å². The van der Waals surface area contributed by atoms with Gasteiger partial charge < -0.3 is 10.6 Å². The van der Waals surface area contributed by atoms with E-state index in [-0.39, 0.29) is 11.9 Å². The molecule has 1 aromatic heterocycles. The number of nitrogens with zero attached hydrogens (tertiary/aromatic N) is 2. The molecule has 0 atom stereocenters. The maximum absolute atomic E-state index is 12.4. The van der Waals surface area contributed by atoms with E-state index >= 15 is 0 Å². The quantitative estimate of drug-likeness (QED) is 0.672. The second-order valence-electron chi connectivity index (χ2n) is 5.08. The van der Waals surface area contributed by atoms with Crippen LogP contribution in [-0.4, -0.2) is 42.7 Å². The van der Waals surface area contributed by atoms with Crippen LogP contribution < -0.4 is 16.0 Å². The van der Waals surface area contributed by atoms with Gasteiger partial charge in [0.25, 0.3) is 5.91 Å². The van der Waals surface area contributed by atoms with Crippen molar-refractivity contribution in [3.63, 3.8) is 0 Å². The van der Waals surface area contributed by atoms with Crippen molar-refractivity contribution in [3.05, 3.63) is 48.2 Å². The van der Waals surface area contributed by atoms with Crippen LogP contribution in [0.3, 0.4) is 0 Å². The topological polar surface area (TPSA) is 95.6 Å². The Morgan fingerprint density at radius 1 is 1.19 bits per heavy atom. The molecule has 8 heteroatoms. The molecule has 146 valence electrons. The number of para-hydroxylation sites is 1. The number of hydrogen-bond donors (Lipinski definition) is 3. The highest BCUT2D eigenvalue weighted by Crippen LogP contribution is 2.24. The summed E-state index contributed by atoms with van der Waals surface area (Å²) in [5, 5.41) is 9.51. The van der Waals surface area contributed by atoms with Crippen LogP contribution in [0.1, 0.15) is 31.1 Å². The van der Waals surface area contributed by atoms with E-state index in [1.807, 2.05) is 51.1 Å². The SMILES string of the molecule is CC.CCNC(=O)Nc1cc(Nc2ccccc2)c(C(=O)N(C)OC)cn1. The molecule has 2 aromatic rings. The molecule has 0 aliphatic carbocycles. The molecule has 27 heavy (non-hydrogen) atoms. The van der Waals surface area contributed by atoms with Crippen molar-refractivity contribution in [1.82, 2.24) is 15.4 Å². The lowest BCUT2D eigenvalue weighted by atomic mass is 10.2. The van der Waals surface area contributed by atoms with Gasteiger partial charge in [0, 0.05) is 31.5 Å². The Morgan fingerprint density at radius 2 is 1.85 bits per heavy atom. The fourth-order valence-corrected chi connectivity index (χ4v) is 2.05. The summed E-state index contributed by atoms with van der Waals surface area (Å²) in [6, 6.07) is 10.6. The van der Waals surface area contributed by atoms with Crippen molar-refractivity contribution in [2.24, 2.45) is 0 Å². The van der Waals surface area contributed by atoms with Crippen LogP contribution in [0.25, 0.3) is 0 Å². The van der Waals surface area contributed by atoms with Gasteiger partial charge in [-0.2, -0.15) is 0 Å². The van der Waals surface area contributed by atoms with Crippen LogP contribution in [0.5, 0.6) is 0 Å². The lowest BCUT2D eigenvalue weighted by Gasteiger charge is -2.17. The van der Waals surface area contributed by atoms with Crippen LogP contribution >= 0.6 is 0 Å². The minimum Gasteiger partial charge on any atom is -0.355 e. The van der Waals surface area contributed by atoms with Crippen LogP contribution in [0, 0.1) is 0 Å². The first-order chi connectivity index (χ1) is 13.0. The number of benzene rings is 1. The molecule has 0 saturated carbocycles. The molecule has 0 fully saturated rings. The molecule has 0 aliphatic rings. The Bertz CT molecular complexity index is 737. The zero-order valence-corrected chi connectivity index (χ0v) is 16.4. The zero-order chi connectivity index (χ0) is 20.2. The fraction of sp³-hybridized carbons (Fsp3) is 0.316. The van der Waals surface area contributed by atoms with Crippen molar-refractivity contribution in [3.8, 4) is 0 Å². The number of carbonyl (C=O) groups excluding carboxylic acids is 2. The van der Waals surface area contributed by atoms with E-state index in [1.54, 1.807) is 6.07 Å². The fourth-order valence-electron chi connectivity index (χ4n) is 2.05. The second kappa shape index (κ2) is 11.5. The maximum Gasteiger partial charge on any atom is 0.320 e. The van der Waals surface area contributed by atoms with Gasteiger partial charge in [0.15, 0.2) is 0 Å². The van der Waals surface area contributed by atoms with Gasteiger partial charge >= 0.3 is 6.03 Å². The van der Waals surface area contributed by atoms with Gasteiger partial charge in [0.2, 0.25) is 0 Å². The summed E-state index contributed by atoms with van der Waals surface area (Å²) in [5.74, 6) is -0.0426. The molecule has 3 amide bonds. The molecule has 2 rings (SSSR count). The number of pyridine rings is 1. The predicted molar refractivity (Wildman–Crippen MR) is 107 cm³/mol. The van der Waals surface area contributed by atoms with Crippen LogP contribution in [0.15, 0.2) is 42.6 Å². The van der Waals surface area contributed by atoms with Gasteiger partial charge in [-0.1, -0.05) is 32.0 Å². The molecular formula is C19H27N5O3. The Morgan fingerprint density at radius 3 is 2.44 bits per heavy atom. The number of nitrogens with one attached hydrogen (secondary N) is 3. The smallest absolute Gasteiger partial charge is 0.320 e. The van der Waals surface area contributed by atoms with E-state index in [2.05, 4.69) is 20.9 Å². The van der Waals surface area contributed by atoms with E-state index in [4.69, 9.17) is 4.84 Å². The Hall–Kier alpha value is -3.13. The predicted octanol–water partition coefficient (Wildman–Crippen LogP) is 3.63. The number of rotatable bonds is 6. The standard InChI is InChI=1S/C17H21N5O3.C2H6/c1-4-18-17(24)21-15-10-14(20-12-8-6-5-7-9-12)13(11-19-15)16(23)22(2)25-3;1-2/h5-11H,4H2,1-3H3,(H3,18,19,20,21,24);1-2H3. The first kappa shape index (κ1) is 21.9. The number of carbonyl (C=O) groups is 2. The van der Waals surface area contributed by atoms with Crippen molar-refractivity contribution in [2.45, 2.75) is 20.8 Å². The van der Waals surface area contributed by atoms with E-state index in [9.17, 15) is 9.59 Å². The number of anilines is 3. The van der Waals surface area contributed by atoms with Gasteiger partial charge in [0.1, 0.15) is 5.82 Å². The molecule has 0 spiro atoms. The zero-order valence-electron chi connectivity index (χ0n) is 16.4. The average Bonchev–Trinajstić information content (AvgIpc) is 2.69. The molecule has 0 radical (unpaired) electrons. The van der Waals surface area contributed by atoms with Crippen LogP contribution in [0.2, 0.25) is 0 Å². The third-order valence-electron chi connectivity index (χ3n) is 3.33. The third kappa shape index (κ3) is 6.59. The maximum atomic E-state index is 12.4. The Balaban J connectivity index is 0.00000176. The lowest BCUT2D eigenvalue weighted by molar-refractivity contribution is -0.0756. The van der Waals surface area contributed by atoms with E-state index < -0.39 is 0 Å². The molecule has 3 N–H and O–H groups in total. The normalized spacial score (nSPS) is 9.52. The minimum atomic E-state index is -0.367. The first-order valence-corrected chi connectivity index (χ1v) is 8.74. The Kier molecular flexibility index (Phi) is 9.32. The summed E-state index contributed by atoms with van der Waals surface area (Å²) in [6.45, 7) is 6.31. The first-order valence-electron chi connectivity index (χ1n) is 8.74. The van der Waals surface area contributed by atoms with E-state index in [0.29, 0.717) is 23.6 Å². The highest BCUT2D eigenvalue weighted by Gasteiger charge is 2.18. The molecule has 0 bridgehead atoms. The highest BCUT2D eigenvalue weighted by atomic mass is 16.7. The summed E-state index contributed by atoms with van der Waals surface area (Å²) in [5.41, 5.74) is 1.61. The van der Waals surface area contributed by atoms with E-state index in [1.165, 1.54) is 20.4 Å². The number of urea groups is 1. The number of hydroxylamine groups is 2. The second-order valence-corrected chi connectivity index (χ2v) is 5.08. The molecule has 8 nitrogen and oxygen atoms in total. The van der Waals surface area contributed by atoms with E-state index in [0.717, 1.165) is 10.8 Å². The monoisotopic (exact) mass is 373 g/mol. The number of aromatic nitrogens is 1. The molecule has 1 heterocycles. The molecule has 0 unspecified atom stereocenters. The highest BCUT2D eigenvalue weighted by molar-refractivity contribution is 6.00. The molecule has 0 saturated heterocycles. The number of hydrogen-bond acceptors (Lipinski definition) is 5. The van der Waals surface area contributed by atoms with Gasteiger partial charge in [0.05, 0.1) is 18.4 Å². The summed E-state index contributed by atoms with van der Waals surface area (Å²) in [4.78, 5) is 33.2. The van der Waals surface area contributed by atoms with Crippen molar-refractivity contribution in [2.75, 3.05) is 31.3 Å². The van der Waals surface area contributed by atoms with Gasteiger partial charge in [-0.15, -0.1) is 0 Å². The van der Waals surface area contributed by atoms with Gasteiger partial charge in [-0.05, 0) is 19.1 Å². The van der Waals surface area contributed by atoms with Crippen molar-refractivity contribution < 1.29 is 14.4 Å². The van der Waals surface area contributed by atoms with Crippen molar-refractivity contribution in [1.29, 1.82) is 0 Å².